The predicted molar refractivity (Wildman–Crippen MR) is 29.8 cm³/mol. The zero-order chi connectivity index (χ0) is 5.91. The summed E-state index contributed by atoms with van der Waals surface area (Å²) in [5.41, 5.74) is -0.475. The third-order valence-electron chi connectivity index (χ3n) is 0.603. The second-order valence-corrected chi connectivity index (χ2v) is 1.96. The summed E-state index contributed by atoms with van der Waals surface area (Å²) in [7, 11) is 2.83. The number of terminal acetylenes is 1. The van der Waals surface area contributed by atoms with E-state index in [4.69, 9.17) is 6.42 Å². The van der Waals surface area contributed by atoms with Crippen LogP contribution in [0.3, 0.4) is 0 Å². The van der Waals surface area contributed by atoms with Crippen LogP contribution in [0, 0.1) is 12.3 Å². The van der Waals surface area contributed by atoms with Crippen LogP contribution in [0.5, 0.6) is 0 Å². The number of rotatable bonds is 1. The SMILES string of the molecule is C#CC(C)(C)O[Si]. The summed E-state index contributed by atoms with van der Waals surface area (Å²) in [5.74, 6) is 2.42. The number of hydrogen-bond donors (Lipinski definition) is 0. The Morgan fingerprint density at radius 2 is 2.14 bits per heavy atom. The average molecular weight is 111 g/mol. The van der Waals surface area contributed by atoms with E-state index in [9.17, 15) is 0 Å². The van der Waals surface area contributed by atoms with Crippen LogP contribution < -0.4 is 0 Å². The molecular formula is C5H7OSi. The van der Waals surface area contributed by atoms with E-state index in [0.717, 1.165) is 0 Å². The van der Waals surface area contributed by atoms with E-state index >= 15 is 0 Å². The molecule has 1 nitrogen and oxygen atoms in total. The summed E-state index contributed by atoms with van der Waals surface area (Å²) >= 11 is 0. The quantitative estimate of drug-likeness (QED) is 0.353. The van der Waals surface area contributed by atoms with Gasteiger partial charge < -0.3 is 4.43 Å². The highest BCUT2D eigenvalue weighted by Crippen LogP contribution is 2.01. The first-order valence-electron chi connectivity index (χ1n) is 1.95. The molecule has 7 heavy (non-hydrogen) atoms. The van der Waals surface area contributed by atoms with Crippen molar-refractivity contribution in [1.29, 1.82) is 0 Å². The fourth-order valence-electron chi connectivity index (χ4n) is 0.0295. The molecule has 0 aliphatic heterocycles. The van der Waals surface area contributed by atoms with Crippen molar-refractivity contribution < 1.29 is 4.43 Å². The summed E-state index contributed by atoms with van der Waals surface area (Å²) in [6, 6.07) is 0. The lowest BCUT2D eigenvalue weighted by atomic mass is 10.2. The topological polar surface area (TPSA) is 9.23 Å². The van der Waals surface area contributed by atoms with Crippen LogP contribution in [0.4, 0.5) is 0 Å². The molecule has 0 heterocycles. The molecule has 0 fully saturated rings. The van der Waals surface area contributed by atoms with Crippen molar-refractivity contribution in [2.75, 3.05) is 0 Å². The molecule has 0 aliphatic rings. The predicted octanol–water partition coefficient (Wildman–Crippen LogP) is 0.498. The summed E-state index contributed by atoms with van der Waals surface area (Å²) in [6.45, 7) is 3.58. The minimum absolute atomic E-state index is 0.475. The second kappa shape index (κ2) is 2.15. The van der Waals surface area contributed by atoms with Gasteiger partial charge in [0.2, 0.25) is 10.5 Å². The first-order valence-corrected chi connectivity index (χ1v) is 2.36. The first kappa shape index (κ1) is 6.74. The molecule has 2 heteroatoms. The molecule has 0 aliphatic carbocycles. The molecule has 0 aromatic carbocycles. The maximum atomic E-state index is 5.01. The zero-order valence-corrected chi connectivity index (χ0v) is 5.49. The van der Waals surface area contributed by atoms with Gasteiger partial charge in [-0.1, -0.05) is 5.92 Å². The van der Waals surface area contributed by atoms with Crippen LogP contribution in [0.1, 0.15) is 13.8 Å². The van der Waals surface area contributed by atoms with Gasteiger partial charge in [0.15, 0.2) is 0 Å². The molecule has 0 aromatic rings. The van der Waals surface area contributed by atoms with E-state index in [1.165, 1.54) is 0 Å². The molecule has 3 radical (unpaired) electrons. The lowest BCUT2D eigenvalue weighted by molar-refractivity contribution is 0.191. The van der Waals surface area contributed by atoms with Crippen molar-refractivity contribution in [3.05, 3.63) is 0 Å². The minimum atomic E-state index is -0.475. The molecule has 0 rings (SSSR count). The van der Waals surface area contributed by atoms with Gasteiger partial charge in [0.25, 0.3) is 0 Å². The Labute approximate surface area is 47.6 Å². The van der Waals surface area contributed by atoms with Crippen LogP contribution >= 0.6 is 0 Å². The number of hydrogen-bond acceptors (Lipinski definition) is 1. The van der Waals surface area contributed by atoms with Gasteiger partial charge in [-0.05, 0) is 13.8 Å². The van der Waals surface area contributed by atoms with Crippen LogP contribution in [0.25, 0.3) is 0 Å². The molecule has 37 valence electrons. The van der Waals surface area contributed by atoms with Gasteiger partial charge in [0, 0.05) is 0 Å². The first-order chi connectivity index (χ1) is 3.12. The Bertz CT molecular complexity index is 90.7. The Morgan fingerprint density at radius 1 is 1.71 bits per heavy atom. The lowest BCUT2D eigenvalue weighted by Gasteiger charge is -2.13. The van der Waals surface area contributed by atoms with E-state index in [1.54, 1.807) is 13.8 Å². The van der Waals surface area contributed by atoms with Crippen LogP contribution in [-0.2, 0) is 4.43 Å². The molecular weight excluding hydrogens is 104 g/mol. The van der Waals surface area contributed by atoms with Crippen LogP contribution in [0.15, 0.2) is 0 Å². The molecule has 0 aromatic heterocycles. The van der Waals surface area contributed by atoms with Crippen molar-refractivity contribution in [1.82, 2.24) is 0 Å². The van der Waals surface area contributed by atoms with Gasteiger partial charge in [-0.3, -0.25) is 0 Å². The molecule has 0 saturated heterocycles. The van der Waals surface area contributed by atoms with Crippen molar-refractivity contribution in [2.45, 2.75) is 19.4 Å². The summed E-state index contributed by atoms with van der Waals surface area (Å²) in [5, 5.41) is 0. The normalized spacial score (nSPS) is 10.6. The Balaban J connectivity index is 3.66. The molecule has 0 N–H and O–H groups in total. The fourth-order valence-corrected chi connectivity index (χ4v) is 0.0884. The highest BCUT2D eigenvalue weighted by molar-refractivity contribution is 5.98. The van der Waals surface area contributed by atoms with Gasteiger partial charge in [0.1, 0.15) is 5.60 Å². The Morgan fingerprint density at radius 3 is 2.14 bits per heavy atom. The van der Waals surface area contributed by atoms with Gasteiger partial charge in [-0.15, -0.1) is 6.42 Å². The smallest absolute Gasteiger partial charge is 0.248 e. The van der Waals surface area contributed by atoms with Crippen molar-refractivity contribution in [2.24, 2.45) is 0 Å². The summed E-state index contributed by atoms with van der Waals surface area (Å²) in [4.78, 5) is 0. The standard InChI is InChI=1S/C5H7OSi/c1-4-5(2,3)6-7/h1H,2-3H3. The minimum Gasteiger partial charge on any atom is -0.403 e. The second-order valence-electron chi connectivity index (χ2n) is 1.76. The monoisotopic (exact) mass is 111 g/mol. The molecule has 0 atom stereocenters. The Hall–Kier alpha value is -0.263. The Kier molecular flexibility index (Phi) is 2.07. The van der Waals surface area contributed by atoms with Crippen LogP contribution in [0.2, 0.25) is 0 Å². The fraction of sp³-hybridized carbons (Fsp3) is 0.600. The lowest BCUT2D eigenvalue weighted by Crippen LogP contribution is -2.19. The summed E-state index contributed by atoms with van der Waals surface area (Å²) in [6.07, 6.45) is 5.01. The maximum absolute atomic E-state index is 5.01. The molecule has 0 unspecified atom stereocenters. The highest BCUT2D eigenvalue weighted by atomic mass is 28.2. The van der Waals surface area contributed by atoms with Crippen molar-refractivity contribution in [3.63, 3.8) is 0 Å². The highest BCUT2D eigenvalue weighted by Gasteiger charge is 2.08. The van der Waals surface area contributed by atoms with Crippen molar-refractivity contribution >= 4 is 10.5 Å². The van der Waals surface area contributed by atoms with Crippen molar-refractivity contribution in [3.8, 4) is 12.3 Å². The van der Waals surface area contributed by atoms with Gasteiger partial charge in [0.05, 0.1) is 0 Å². The third-order valence-corrected chi connectivity index (χ3v) is 1.11. The average Bonchev–Trinajstić information content (AvgIpc) is 1.68. The van der Waals surface area contributed by atoms with E-state index in [-0.39, 0.29) is 0 Å². The van der Waals surface area contributed by atoms with E-state index < -0.39 is 5.60 Å². The van der Waals surface area contributed by atoms with Gasteiger partial charge in [-0.25, -0.2) is 0 Å². The largest absolute Gasteiger partial charge is 0.403 e. The molecule has 0 saturated carbocycles. The van der Waals surface area contributed by atoms with Gasteiger partial charge >= 0.3 is 0 Å². The maximum Gasteiger partial charge on any atom is 0.248 e. The van der Waals surface area contributed by atoms with E-state index in [0.29, 0.717) is 0 Å². The van der Waals surface area contributed by atoms with E-state index in [1.807, 2.05) is 0 Å². The third kappa shape index (κ3) is 2.43. The molecule has 0 amide bonds. The summed E-state index contributed by atoms with van der Waals surface area (Å²) < 4.78 is 4.66. The molecule has 0 spiro atoms. The van der Waals surface area contributed by atoms with E-state index in [2.05, 4.69) is 20.8 Å². The molecule has 0 bridgehead atoms. The van der Waals surface area contributed by atoms with Crippen LogP contribution in [-0.4, -0.2) is 16.1 Å². The zero-order valence-electron chi connectivity index (χ0n) is 4.49. The van der Waals surface area contributed by atoms with Gasteiger partial charge in [-0.2, -0.15) is 0 Å².